The summed E-state index contributed by atoms with van der Waals surface area (Å²) in [6.45, 7) is 1.30. The van der Waals surface area contributed by atoms with Crippen molar-refractivity contribution in [1.29, 1.82) is 0 Å². The van der Waals surface area contributed by atoms with Crippen molar-refractivity contribution in [2.24, 2.45) is 11.8 Å². The first-order valence-electron chi connectivity index (χ1n) is 9.66. The number of ether oxygens (including phenoxy) is 1. The summed E-state index contributed by atoms with van der Waals surface area (Å²) >= 11 is 7.53. The summed E-state index contributed by atoms with van der Waals surface area (Å²) in [5.41, 5.74) is 0. The first-order chi connectivity index (χ1) is 13.7. The summed E-state index contributed by atoms with van der Waals surface area (Å²) in [7, 11) is 0. The van der Waals surface area contributed by atoms with Crippen LogP contribution in [0.25, 0.3) is 0 Å². The van der Waals surface area contributed by atoms with E-state index in [0.29, 0.717) is 35.0 Å². The number of halogens is 1. The third kappa shape index (κ3) is 4.33. The first kappa shape index (κ1) is 19.3. The van der Waals surface area contributed by atoms with Gasteiger partial charge in [-0.1, -0.05) is 29.8 Å². The summed E-state index contributed by atoms with van der Waals surface area (Å²) in [4.78, 5) is 28.0. The summed E-state index contributed by atoms with van der Waals surface area (Å²) in [5.74, 6) is 1.48. The Morgan fingerprint density at radius 3 is 2.36 bits per heavy atom. The molecule has 4 rings (SSSR count). The Kier molecular flexibility index (Phi) is 5.87. The van der Waals surface area contributed by atoms with Crippen molar-refractivity contribution in [3.05, 3.63) is 46.8 Å². The standard InChI is InChI=1S/C21H23ClN2O3S/c22-18-8-9-19(28-18)24(14-25)20(15-6-7-15)16-10-12-23(13-11-16)21(26)27-17-4-2-1-3-5-17/h1-5,8-9,14-16,20H,6-7,10-13H2/t20-/m1/s1. The van der Waals surface area contributed by atoms with Crippen LogP contribution in [0, 0.1) is 11.8 Å². The average molecular weight is 419 g/mol. The van der Waals surface area contributed by atoms with Crippen LogP contribution in [0.3, 0.4) is 0 Å². The highest BCUT2D eigenvalue weighted by atomic mass is 35.5. The van der Waals surface area contributed by atoms with Crippen LogP contribution in [0.2, 0.25) is 4.34 Å². The first-order valence-corrected chi connectivity index (χ1v) is 10.9. The van der Waals surface area contributed by atoms with E-state index in [-0.39, 0.29) is 12.1 Å². The maximum absolute atomic E-state index is 12.4. The van der Waals surface area contributed by atoms with E-state index in [9.17, 15) is 9.59 Å². The molecule has 1 aromatic carbocycles. The molecular formula is C21H23ClN2O3S. The van der Waals surface area contributed by atoms with Crippen LogP contribution in [-0.4, -0.2) is 36.5 Å². The maximum atomic E-state index is 12.4. The fourth-order valence-electron chi connectivity index (χ4n) is 4.07. The number of likely N-dealkylation sites (tertiary alicyclic amines) is 1. The lowest BCUT2D eigenvalue weighted by molar-refractivity contribution is -0.108. The molecule has 2 heterocycles. The molecule has 148 valence electrons. The molecule has 0 N–H and O–H groups in total. The minimum Gasteiger partial charge on any atom is -0.410 e. The second-order valence-corrected chi connectivity index (χ2v) is 9.12. The normalized spacial score (nSPS) is 18.5. The molecule has 5 nitrogen and oxygen atoms in total. The lowest BCUT2D eigenvalue weighted by atomic mass is 9.86. The van der Waals surface area contributed by atoms with Crippen LogP contribution < -0.4 is 9.64 Å². The largest absolute Gasteiger partial charge is 0.415 e. The molecule has 28 heavy (non-hydrogen) atoms. The molecule has 0 unspecified atom stereocenters. The topological polar surface area (TPSA) is 49.9 Å². The van der Waals surface area contributed by atoms with Crippen molar-refractivity contribution in [2.75, 3.05) is 18.0 Å². The number of hydrogen-bond acceptors (Lipinski definition) is 4. The molecule has 2 fully saturated rings. The molecule has 0 spiro atoms. The quantitative estimate of drug-likeness (QED) is 0.616. The number of benzene rings is 1. The number of rotatable bonds is 6. The predicted octanol–water partition coefficient (Wildman–Crippen LogP) is 5.05. The highest BCUT2D eigenvalue weighted by Gasteiger charge is 2.42. The van der Waals surface area contributed by atoms with Gasteiger partial charge in [-0.2, -0.15) is 0 Å². The van der Waals surface area contributed by atoms with Gasteiger partial charge in [0.1, 0.15) is 5.75 Å². The zero-order chi connectivity index (χ0) is 19.5. The molecule has 2 aromatic rings. The number of carbonyl (C=O) groups is 2. The van der Waals surface area contributed by atoms with Gasteiger partial charge in [0.2, 0.25) is 6.41 Å². The van der Waals surface area contributed by atoms with Gasteiger partial charge in [-0.3, -0.25) is 4.79 Å². The van der Waals surface area contributed by atoms with Crippen LogP contribution in [0.1, 0.15) is 25.7 Å². The molecule has 0 bridgehead atoms. The summed E-state index contributed by atoms with van der Waals surface area (Å²) in [6.07, 6.45) is 4.70. The van der Waals surface area contributed by atoms with Crippen LogP contribution in [-0.2, 0) is 4.79 Å². The van der Waals surface area contributed by atoms with Gasteiger partial charge in [-0.25, -0.2) is 4.79 Å². The highest BCUT2D eigenvalue weighted by Crippen LogP contribution is 2.44. The number of amides is 2. The van der Waals surface area contributed by atoms with Gasteiger partial charge >= 0.3 is 6.09 Å². The number of nitrogens with zero attached hydrogens (tertiary/aromatic N) is 2. The van der Waals surface area contributed by atoms with E-state index in [1.807, 2.05) is 35.2 Å². The second kappa shape index (κ2) is 8.53. The van der Waals surface area contributed by atoms with Crippen molar-refractivity contribution in [3.63, 3.8) is 0 Å². The van der Waals surface area contributed by atoms with Crippen molar-refractivity contribution in [1.82, 2.24) is 4.90 Å². The Hall–Kier alpha value is -2.05. The molecule has 1 atom stereocenters. The fourth-order valence-corrected chi connectivity index (χ4v) is 5.11. The summed E-state index contributed by atoms with van der Waals surface area (Å²) in [5, 5.41) is 0.905. The Balaban J connectivity index is 1.39. The molecule has 0 radical (unpaired) electrons. The van der Waals surface area contributed by atoms with E-state index in [0.717, 1.165) is 37.1 Å². The average Bonchev–Trinajstić information content (AvgIpc) is 3.47. The zero-order valence-corrected chi connectivity index (χ0v) is 17.1. The highest BCUT2D eigenvalue weighted by molar-refractivity contribution is 7.20. The van der Waals surface area contributed by atoms with Gasteiger partial charge in [0, 0.05) is 19.1 Å². The van der Waals surface area contributed by atoms with Crippen LogP contribution >= 0.6 is 22.9 Å². The van der Waals surface area contributed by atoms with Gasteiger partial charge in [-0.05, 0) is 61.8 Å². The van der Waals surface area contributed by atoms with Crippen molar-refractivity contribution in [2.45, 2.75) is 31.7 Å². The zero-order valence-electron chi connectivity index (χ0n) is 15.5. The minimum absolute atomic E-state index is 0.180. The number of para-hydroxylation sites is 1. The Morgan fingerprint density at radius 1 is 1.11 bits per heavy atom. The lowest BCUT2D eigenvalue weighted by Crippen LogP contribution is -2.48. The van der Waals surface area contributed by atoms with Crippen molar-refractivity contribution >= 4 is 40.4 Å². The molecule has 7 heteroatoms. The number of hydrogen-bond donors (Lipinski definition) is 0. The number of anilines is 1. The third-order valence-corrected chi connectivity index (χ3v) is 6.83. The third-order valence-electron chi connectivity index (χ3n) is 5.58. The van der Waals surface area contributed by atoms with Crippen LogP contribution in [0.4, 0.5) is 9.80 Å². The van der Waals surface area contributed by atoms with E-state index in [1.165, 1.54) is 11.3 Å². The smallest absolute Gasteiger partial charge is 0.410 e. The van der Waals surface area contributed by atoms with Gasteiger partial charge in [0.05, 0.1) is 9.34 Å². The number of piperidine rings is 1. The van der Waals surface area contributed by atoms with Crippen LogP contribution in [0.15, 0.2) is 42.5 Å². The van der Waals surface area contributed by atoms with E-state index in [1.54, 1.807) is 17.0 Å². The van der Waals surface area contributed by atoms with Gasteiger partial charge in [0.15, 0.2) is 0 Å². The monoisotopic (exact) mass is 418 g/mol. The molecule has 1 aromatic heterocycles. The Morgan fingerprint density at radius 2 is 1.79 bits per heavy atom. The Bertz CT molecular complexity index is 816. The number of carbonyl (C=O) groups excluding carboxylic acids is 2. The van der Waals surface area contributed by atoms with Gasteiger partial charge in [-0.15, -0.1) is 11.3 Å². The molecule has 1 saturated heterocycles. The lowest BCUT2D eigenvalue weighted by Gasteiger charge is -2.39. The molecular weight excluding hydrogens is 396 g/mol. The second-order valence-electron chi connectivity index (χ2n) is 7.42. The van der Waals surface area contributed by atoms with Crippen LogP contribution in [0.5, 0.6) is 5.75 Å². The number of thiophene rings is 1. The SMILES string of the molecule is O=CN(c1ccc(Cl)s1)[C@H](C1CC1)C1CCN(C(=O)Oc2ccccc2)CC1. The van der Waals surface area contributed by atoms with E-state index in [4.69, 9.17) is 16.3 Å². The molecule has 2 aliphatic rings. The summed E-state index contributed by atoms with van der Waals surface area (Å²) in [6, 6.07) is 13.1. The fraction of sp³-hybridized carbons (Fsp3) is 0.429. The molecule has 1 aliphatic carbocycles. The predicted molar refractivity (Wildman–Crippen MR) is 111 cm³/mol. The molecule has 1 aliphatic heterocycles. The Labute approximate surface area is 173 Å². The molecule has 2 amide bonds. The van der Waals surface area contributed by atoms with Crippen molar-refractivity contribution in [3.8, 4) is 5.75 Å². The van der Waals surface area contributed by atoms with Gasteiger partial charge < -0.3 is 14.5 Å². The van der Waals surface area contributed by atoms with Gasteiger partial charge in [0.25, 0.3) is 0 Å². The van der Waals surface area contributed by atoms with E-state index < -0.39 is 0 Å². The molecule has 1 saturated carbocycles. The maximum Gasteiger partial charge on any atom is 0.415 e. The minimum atomic E-state index is -0.301. The van der Waals surface area contributed by atoms with Crippen molar-refractivity contribution < 1.29 is 14.3 Å². The van der Waals surface area contributed by atoms with E-state index in [2.05, 4.69) is 0 Å². The summed E-state index contributed by atoms with van der Waals surface area (Å²) < 4.78 is 6.15. The van der Waals surface area contributed by atoms with E-state index >= 15 is 0 Å².